The van der Waals surface area contributed by atoms with Crippen molar-refractivity contribution in [3.05, 3.63) is 30.1 Å². The Morgan fingerprint density at radius 2 is 2.05 bits per heavy atom. The van der Waals surface area contributed by atoms with E-state index in [9.17, 15) is 9.59 Å². The Labute approximate surface area is 119 Å². The predicted octanol–water partition coefficient (Wildman–Crippen LogP) is 1.34. The number of amides is 2. The first-order valence-electron chi connectivity index (χ1n) is 6.80. The van der Waals surface area contributed by atoms with E-state index in [0.29, 0.717) is 6.54 Å². The van der Waals surface area contributed by atoms with Gasteiger partial charge in [-0.2, -0.15) is 0 Å². The fraction of sp³-hybridized carbons (Fsp3) is 0.533. The first kappa shape index (κ1) is 14.5. The molecule has 0 aromatic carbocycles. The molecule has 1 aromatic heterocycles. The maximum Gasteiger partial charge on any atom is 0.245 e. The van der Waals surface area contributed by atoms with Gasteiger partial charge in [0.2, 0.25) is 11.8 Å². The van der Waals surface area contributed by atoms with E-state index >= 15 is 0 Å². The Kier molecular flexibility index (Phi) is 3.79. The number of rotatable bonds is 2. The zero-order valence-corrected chi connectivity index (χ0v) is 12.4. The van der Waals surface area contributed by atoms with Crippen LogP contribution in [0.4, 0.5) is 0 Å². The first-order valence-corrected chi connectivity index (χ1v) is 6.80. The van der Waals surface area contributed by atoms with Crippen molar-refractivity contribution < 1.29 is 9.59 Å². The summed E-state index contributed by atoms with van der Waals surface area (Å²) in [6.07, 6.45) is 3.42. The lowest BCUT2D eigenvalue weighted by Gasteiger charge is -2.44. The van der Waals surface area contributed by atoms with E-state index < -0.39 is 12.1 Å². The molecule has 1 fully saturated rings. The van der Waals surface area contributed by atoms with Gasteiger partial charge in [-0.25, -0.2) is 0 Å². The molecule has 1 saturated heterocycles. The van der Waals surface area contributed by atoms with Gasteiger partial charge in [0.25, 0.3) is 0 Å². The van der Waals surface area contributed by atoms with Crippen molar-refractivity contribution in [1.82, 2.24) is 15.2 Å². The molecule has 2 heterocycles. The monoisotopic (exact) mass is 275 g/mol. The fourth-order valence-electron chi connectivity index (χ4n) is 2.59. The number of piperazine rings is 1. The van der Waals surface area contributed by atoms with Gasteiger partial charge >= 0.3 is 0 Å². The van der Waals surface area contributed by atoms with E-state index in [1.807, 2.05) is 32.9 Å². The molecule has 1 N–H and O–H groups in total. The number of aromatic nitrogens is 1. The Morgan fingerprint density at radius 3 is 2.60 bits per heavy atom. The van der Waals surface area contributed by atoms with Crippen molar-refractivity contribution in [3.63, 3.8) is 0 Å². The van der Waals surface area contributed by atoms with Crippen molar-refractivity contribution >= 4 is 11.8 Å². The molecule has 1 aliphatic rings. The number of carbonyl (C=O) groups excluding carboxylic acids is 2. The SMILES string of the molecule is CC1NC(=O)C(C(C)(C)C)N(Cc2cccnc2)C1=O. The third kappa shape index (κ3) is 2.81. The van der Waals surface area contributed by atoms with E-state index in [-0.39, 0.29) is 17.2 Å². The largest absolute Gasteiger partial charge is 0.343 e. The van der Waals surface area contributed by atoms with Crippen LogP contribution in [0.2, 0.25) is 0 Å². The van der Waals surface area contributed by atoms with Crippen molar-refractivity contribution in [2.24, 2.45) is 5.41 Å². The molecule has 1 aromatic rings. The highest BCUT2D eigenvalue weighted by molar-refractivity contribution is 5.97. The Morgan fingerprint density at radius 1 is 1.35 bits per heavy atom. The van der Waals surface area contributed by atoms with Crippen molar-refractivity contribution in [2.45, 2.75) is 46.3 Å². The minimum Gasteiger partial charge on any atom is -0.343 e. The molecule has 0 spiro atoms. The molecule has 2 atom stereocenters. The average Bonchev–Trinajstić information content (AvgIpc) is 2.35. The molecule has 2 rings (SSSR count). The van der Waals surface area contributed by atoms with Crippen LogP contribution in [0.5, 0.6) is 0 Å². The van der Waals surface area contributed by atoms with Crippen LogP contribution in [0.1, 0.15) is 33.3 Å². The summed E-state index contributed by atoms with van der Waals surface area (Å²) in [7, 11) is 0. The zero-order valence-electron chi connectivity index (χ0n) is 12.4. The number of hydrogen-bond donors (Lipinski definition) is 1. The molecule has 2 unspecified atom stereocenters. The lowest BCUT2D eigenvalue weighted by atomic mass is 9.83. The van der Waals surface area contributed by atoms with Crippen LogP contribution in [0.15, 0.2) is 24.5 Å². The van der Waals surface area contributed by atoms with Crippen LogP contribution in [-0.2, 0) is 16.1 Å². The number of carbonyl (C=O) groups is 2. The minimum atomic E-state index is -0.474. The highest BCUT2D eigenvalue weighted by Gasteiger charge is 2.44. The fourth-order valence-corrected chi connectivity index (χ4v) is 2.59. The second-order valence-electron chi connectivity index (χ2n) is 6.33. The second-order valence-corrected chi connectivity index (χ2v) is 6.33. The number of pyridine rings is 1. The molecule has 0 bridgehead atoms. The smallest absolute Gasteiger partial charge is 0.245 e. The van der Waals surface area contributed by atoms with Gasteiger partial charge in [0.15, 0.2) is 0 Å². The topological polar surface area (TPSA) is 62.3 Å². The zero-order chi connectivity index (χ0) is 14.9. The summed E-state index contributed by atoms with van der Waals surface area (Å²) in [6.45, 7) is 8.03. The Bertz CT molecular complexity index is 508. The summed E-state index contributed by atoms with van der Waals surface area (Å²) in [4.78, 5) is 30.4. The number of hydrogen-bond acceptors (Lipinski definition) is 3. The lowest BCUT2D eigenvalue weighted by molar-refractivity contribution is -0.154. The van der Waals surface area contributed by atoms with E-state index in [1.54, 1.807) is 24.2 Å². The summed E-state index contributed by atoms with van der Waals surface area (Å²) >= 11 is 0. The maximum atomic E-state index is 12.4. The number of nitrogens with zero attached hydrogens (tertiary/aromatic N) is 2. The molecule has 108 valence electrons. The summed E-state index contributed by atoms with van der Waals surface area (Å²) in [5, 5.41) is 2.76. The van der Waals surface area contributed by atoms with E-state index in [0.717, 1.165) is 5.56 Å². The highest BCUT2D eigenvalue weighted by Crippen LogP contribution is 2.29. The lowest BCUT2D eigenvalue weighted by Crippen LogP contribution is -2.65. The van der Waals surface area contributed by atoms with Crippen molar-refractivity contribution in [1.29, 1.82) is 0 Å². The third-order valence-corrected chi connectivity index (χ3v) is 3.47. The third-order valence-electron chi connectivity index (χ3n) is 3.47. The minimum absolute atomic E-state index is 0.0478. The highest BCUT2D eigenvalue weighted by atomic mass is 16.2. The maximum absolute atomic E-state index is 12.4. The van der Waals surface area contributed by atoms with Gasteiger partial charge in [-0.15, -0.1) is 0 Å². The van der Waals surface area contributed by atoms with Gasteiger partial charge in [0.1, 0.15) is 12.1 Å². The summed E-state index contributed by atoms with van der Waals surface area (Å²) < 4.78 is 0. The molecular formula is C15H21N3O2. The summed E-state index contributed by atoms with van der Waals surface area (Å²) in [5.74, 6) is -0.137. The van der Waals surface area contributed by atoms with Crippen LogP contribution in [0.25, 0.3) is 0 Å². The van der Waals surface area contributed by atoms with Crippen LogP contribution in [0.3, 0.4) is 0 Å². The molecule has 0 saturated carbocycles. The van der Waals surface area contributed by atoms with Gasteiger partial charge < -0.3 is 10.2 Å². The van der Waals surface area contributed by atoms with Gasteiger partial charge in [0.05, 0.1) is 0 Å². The number of nitrogens with one attached hydrogen (secondary N) is 1. The molecular weight excluding hydrogens is 254 g/mol. The van der Waals surface area contributed by atoms with Crippen LogP contribution >= 0.6 is 0 Å². The van der Waals surface area contributed by atoms with Crippen LogP contribution in [-0.4, -0.2) is 33.8 Å². The average molecular weight is 275 g/mol. The molecule has 5 nitrogen and oxygen atoms in total. The first-order chi connectivity index (χ1) is 9.30. The van der Waals surface area contributed by atoms with Gasteiger partial charge in [-0.1, -0.05) is 26.8 Å². The second kappa shape index (κ2) is 5.23. The van der Waals surface area contributed by atoms with Crippen molar-refractivity contribution in [3.8, 4) is 0 Å². The van der Waals surface area contributed by atoms with E-state index in [1.165, 1.54) is 0 Å². The molecule has 20 heavy (non-hydrogen) atoms. The van der Waals surface area contributed by atoms with Crippen molar-refractivity contribution in [2.75, 3.05) is 0 Å². The quantitative estimate of drug-likeness (QED) is 0.886. The molecule has 0 aliphatic carbocycles. The van der Waals surface area contributed by atoms with E-state index in [4.69, 9.17) is 0 Å². The van der Waals surface area contributed by atoms with Gasteiger partial charge in [0, 0.05) is 18.9 Å². The Balaban J connectivity index is 2.32. The van der Waals surface area contributed by atoms with E-state index in [2.05, 4.69) is 10.3 Å². The summed E-state index contributed by atoms with van der Waals surface area (Å²) in [5.41, 5.74) is 0.610. The normalized spacial score (nSPS) is 23.7. The van der Waals surface area contributed by atoms with Crippen LogP contribution in [0, 0.1) is 5.41 Å². The summed E-state index contributed by atoms with van der Waals surface area (Å²) in [6, 6.07) is 2.81. The predicted molar refractivity (Wildman–Crippen MR) is 75.6 cm³/mol. The van der Waals surface area contributed by atoms with Crippen LogP contribution < -0.4 is 5.32 Å². The van der Waals surface area contributed by atoms with Gasteiger partial charge in [-0.05, 0) is 24.0 Å². The Hall–Kier alpha value is -1.91. The standard InChI is InChI=1S/C15H21N3O2/c1-10-14(20)18(9-11-6-5-7-16-8-11)12(13(19)17-10)15(2,3)4/h5-8,10,12H,9H2,1-4H3,(H,17,19). The molecule has 2 amide bonds. The molecule has 5 heteroatoms. The van der Waals surface area contributed by atoms with Gasteiger partial charge in [-0.3, -0.25) is 14.6 Å². The molecule has 0 radical (unpaired) electrons. The molecule has 1 aliphatic heterocycles.